The Morgan fingerprint density at radius 2 is 2.11 bits per heavy atom. The van der Waals surface area contributed by atoms with E-state index in [-0.39, 0.29) is 6.04 Å². The number of rotatable bonds is 2. The molecule has 0 saturated heterocycles. The van der Waals surface area contributed by atoms with E-state index in [1.165, 1.54) is 5.56 Å². The number of furan rings is 1. The van der Waals surface area contributed by atoms with Crippen molar-refractivity contribution in [2.45, 2.75) is 13.0 Å². The molecule has 2 heterocycles. The van der Waals surface area contributed by atoms with Gasteiger partial charge in [-0.05, 0) is 52.5 Å². The fourth-order valence-electron chi connectivity index (χ4n) is 1.99. The van der Waals surface area contributed by atoms with Gasteiger partial charge in [-0.15, -0.1) is 11.3 Å². The van der Waals surface area contributed by atoms with Gasteiger partial charge in [-0.3, -0.25) is 0 Å². The van der Waals surface area contributed by atoms with E-state index in [1.54, 1.807) is 11.3 Å². The normalized spacial score (nSPS) is 13.1. The molecule has 18 heavy (non-hydrogen) atoms. The third-order valence-corrected chi connectivity index (χ3v) is 4.88. The van der Waals surface area contributed by atoms with E-state index >= 15 is 0 Å². The minimum atomic E-state index is -0.216. The quantitative estimate of drug-likeness (QED) is 0.748. The van der Waals surface area contributed by atoms with Crippen LogP contribution in [0.15, 0.2) is 44.6 Å². The Bertz CT molecular complexity index is 701. The van der Waals surface area contributed by atoms with Crippen LogP contribution in [-0.4, -0.2) is 0 Å². The lowest BCUT2D eigenvalue weighted by atomic mass is 10.1. The maximum atomic E-state index is 6.25. The summed E-state index contributed by atoms with van der Waals surface area (Å²) in [5, 5.41) is 3.12. The van der Waals surface area contributed by atoms with Gasteiger partial charge in [-0.1, -0.05) is 11.6 Å². The van der Waals surface area contributed by atoms with Gasteiger partial charge >= 0.3 is 0 Å². The number of aryl methyl sites for hydroxylation is 1. The first-order chi connectivity index (χ1) is 8.65. The van der Waals surface area contributed by atoms with Crippen LogP contribution in [0.25, 0.3) is 11.0 Å². The molecule has 0 bridgehead atoms. The molecule has 92 valence electrons. The average molecular weight is 322 g/mol. The largest absolute Gasteiger partial charge is 0.459 e. The van der Waals surface area contributed by atoms with E-state index in [0.717, 1.165) is 26.1 Å². The number of halogens is 1. The highest BCUT2D eigenvalue weighted by molar-refractivity contribution is 9.10. The first-order valence-corrected chi connectivity index (χ1v) is 7.31. The van der Waals surface area contributed by atoms with Crippen molar-refractivity contribution in [3.8, 4) is 0 Å². The van der Waals surface area contributed by atoms with Crippen LogP contribution in [0.3, 0.4) is 0 Å². The van der Waals surface area contributed by atoms with Crippen molar-refractivity contribution >= 4 is 38.2 Å². The molecule has 1 aromatic carbocycles. The van der Waals surface area contributed by atoms with Gasteiger partial charge in [-0.2, -0.15) is 0 Å². The van der Waals surface area contributed by atoms with Gasteiger partial charge < -0.3 is 10.2 Å². The maximum absolute atomic E-state index is 6.25. The second kappa shape index (κ2) is 4.53. The molecule has 1 atom stereocenters. The molecule has 0 saturated carbocycles. The van der Waals surface area contributed by atoms with Crippen molar-refractivity contribution in [3.63, 3.8) is 0 Å². The van der Waals surface area contributed by atoms with Crippen LogP contribution in [0.1, 0.15) is 22.2 Å². The maximum Gasteiger partial charge on any atom is 0.134 e. The molecule has 2 aromatic heterocycles. The first-order valence-electron chi connectivity index (χ1n) is 5.64. The van der Waals surface area contributed by atoms with Crippen molar-refractivity contribution in [3.05, 3.63) is 56.4 Å². The van der Waals surface area contributed by atoms with Crippen LogP contribution in [0.4, 0.5) is 0 Å². The molecular weight excluding hydrogens is 310 g/mol. The molecule has 1 unspecified atom stereocenters. The van der Waals surface area contributed by atoms with Crippen molar-refractivity contribution in [2.75, 3.05) is 0 Å². The molecule has 2 N–H and O–H groups in total. The van der Waals surface area contributed by atoms with E-state index in [2.05, 4.69) is 28.9 Å². The van der Waals surface area contributed by atoms with E-state index in [4.69, 9.17) is 10.2 Å². The van der Waals surface area contributed by atoms with Gasteiger partial charge in [0.25, 0.3) is 0 Å². The Morgan fingerprint density at radius 3 is 2.83 bits per heavy atom. The first kappa shape index (κ1) is 12.0. The summed E-state index contributed by atoms with van der Waals surface area (Å²) in [5.41, 5.74) is 8.36. The molecule has 0 spiro atoms. The Labute approximate surface area is 118 Å². The smallest absolute Gasteiger partial charge is 0.134 e. The number of fused-ring (bicyclic) bond motifs is 1. The van der Waals surface area contributed by atoms with E-state index in [0.29, 0.717) is 0 Å². The standard InChI is InChI=1S/C14H12BrNOS/c1-8-2-3-11-9(6-8)7-12(17-11)13(16)14-10(15)4-5-18-14/h2-7,13H,16H2,1H3. The van der Waals surface area contributed by atoms with E-state index < -0.39 is 0 Å². The fraction of sp³-hybridized carbons (Fsp3) is 0.143. The molecule has 0 fully saturated rings. The minimum absolute atomic E-state index is 0.216. The van der Waals surface area contributed by atoms with E-state index in [1.807, 2.05) is 29.6 Å². The second-order valence-corrected chi connectivity index (χ2v) is 6.10. The Hall–Kier alpha value is -1.10. The highest BCUT2D eigenvalue weighted by Gasteiger charge is 2.17. The van der Waals surface area contributed by atoms with Gasteiger partial charge in [-0.25, -0.2) is 0 Å². The van der Waals surface area contributed by atoms with Gasteiger partial charge in [0.15, 0.2) is 0 Å². The number of hydrogen-bond donors (Lipinski definition) is 1. The summed E-state index contributed by atoms with van der Waals surface area (Å²) in [4.78, 5) is 1.09. The topological polar surface area (TPSA) is 39.2 Å². The molecule has 4 heteroatoms. The average Bonchev–Trinajstić information content (AvgIpc) is 2.93. The monoisotopic (exact) mass is 321 g/mol. The highest BCUT2D eigenvalue weighted by atomic mass is 79.9. The van der Waals surface area contributed by atoms with Crippen LogP contribution < -0.4 is 5.73 Å². The summed E-state index contributed by atoms with van der Waals surface area (Å²) >= 11 is 5.14. The predicted octanol–water partition coefficient (Wildman–Crippen LogP) is 4.61. The second-order valence-electron chi connectivity index (χ2n) is 4.30. The molecule has 0 aliphatic heterocycles. The summed E-state index contributed by atoms with van der Waals surface area (Å²) in [7, 11) is 0. The Kier molecular flexibility index (Phi) is 3.01. The Balaban J connectivity index is 2.07. The Morgan fingerprint density at radius 1 is 1.28 bits per heavy atom. The molecular formula is C14H12BrNOS. The van der Waals surface area contributed by atoms with Crippen molar-refractivity contribution in [2.24, 2.45) is 5.73 Å². The van der Waals surface area contributed by atoms with Crippen LogP contribution >= 0.6 is 27.3 Å². The molecule has 0 aliphatic carbocycles. The van der Waals surface area contributed by atoms with Crippen LogP contribution in [0.2, 0.25) is 0 Å². The SMILES string of the molecule is Cc1ccc2oc(C(N)c3sccc3Br)cc2c1. The summed E-state index contributed by atoms with van der Waals surface area (Å²) in [6.45, 7) is 2.07. The molecule has 0 radical (unpaired) electrons. The van der Waals surface area contributed by atoms with Crippen molar-refractivity contribution < 1.29 is 4.42 Å². The van der Waals surface area contributed by atoms with Gasteiger partial charge in [0, 0.05) is 14.7 Å². The third kappa shape index (κ3) is 2.00. The lowest BCUT2D eigenvalue weighted by molar-refractivity contribution is 0.527. The zero-order valence-corrected chi connectivity index (χ0v) is 12.2. The van der Waals surface area contributed by atoms with Crippen LogP contribution in [0, 0.1) is 6.92 Å². The van der Waals surface area contributed by atoms with E-state index in [9.17, 15) is 0 Å². The predicted molar refractivity (Wildman–Crippen MR) is 79.0 cm³/mol. The number of thiophene rings is 1. The van der Waals surface area contributed by atoms with Crippen molar-refractivity contribution in [1.29, 1.82) is 0 Å². The zero-order valence-electron chi connectivity index (χ0n) is 9.81. The highest BCUT2D eigenvalue weighted by Crippen LogP contribution is 2.34. The van der Waals surface area contributed by atoms with Gasteiger partial charge in [0.05, 0.1) is 6.04 Å². The third-order valence-electron chi connectivity index (χ3n) is 2.92. The lowest BCUT2D eigenvalue weighted by Gasteiger charge is -2.06. The molecule has 0 amide bonds. The lowest BCUT2D eigenvalue weighted by Crippen LogP contribution is -2.09. The number of nitrogens with two attached hydrogens (primary N) is 1. The zero-order chi connectivity index (χ0) is 12.7. The van der Waals surface area contributed by atoms with Crippen LogP contribution in [-0.2, 0) is 0 Å². The van der Waals surface area contributed by atoms with Gasteiger partial charge in [0.1, 0.15) is 11.3 Å². The van der Waals surface area contributed by atoms with Crippen molar-refractivity contribution in [1.82, 2.24) is 0 Å². The molecule has 3 aromatic rings. The number of hydrogen-bond acceptors (Lipinski definition) is 3. The van der Waals surface area contributed by atoms with Gasteiger partial charge in [0.2, 0.25) is 0 Å². The molecule has 0 aliphatic rings. The minimum Gasteiger partial charge on any atom is -0.459 e. The summed E-state index contributed by atoms with van der Waals surface area (Å²) in [6.07, 6.45) is 0. The summed E-state index contributed by atoms with van der Waals surface area (Å²) in [5.74, 6) is 0.804. The van der Waals surface area contributed by atoms with Crippen LogP contribution in [0.5, 0.6) is 0 Å². The fourth-order valence-corrected chi connectivity index (χ4v) is 3.62. The molecule has 3 rings (SSSR count). The number of benzene rings is 1. The summed E-state index contributed by atoms with van der Waals surface area (Å²) < 4.78 is 6.86. The summed E-state index contributed by atoms with van der Waals surface area (Å²) in [6, 6.07) is 9.96. The molecule has 2 nitrogen and oxygen atoms in total.